The highest BCUT2D eigenvalue weighted by Crippen LogP contribution is 2.30. The number of hydrogen-bond donors (Lipinski definition) is 2. The highest BCUT2D eigenvalue weighted by molar-refractivity contribution is 5.97. The molecule has 10 nitrogen and oxygen atoms in total. The summed E-state index contributed by atoms with van der Waals surface area (Å²) in [5.41, 5.74) is 4.51. The van der Waals surface area contributed by atoms with E-state index in [1.165, 1.54) is 13.3 Å². The number of benzene rings is 2. The summed E-state index contributed by atoms with van der Waals surface area (Å²) in [5, 5.41) is 6.84. The van der Waals surface area contributed by atoms with E-state index in [0.29, 0.717) is 48.9 Å². The number of methoxy groups -OCH3 is 1. The summed E-state index contributed by atoms with van der Waals surface area (Å²) in [6, 6.07) is 11.5. The van der Waals surface area contributed by atoms with Crippen molar-refractivity contribution in [2.45, 2.75) is 26.8 Å². The Bertz CT molecular complexity index is 1110. The van der Waals surface area contributed by atoms with Crippen LogP contribution in [-0.2, 0) is 14.3 Å². The zero-order chi connectivity index (χ0) is 26.8. The molecule has 1 atom stereocenters. The van der Waals surface area contributed by atoms with Crippen molar-refractivity contribution in [2.75, 3.05) is 40.0 Å². The molecule has 2 aromatic rings. The number of nitrogens with one attached hydrogen (secondary N) is 2. The predicted molar refractivity (Wildman–Crippen MR) is 139 cm³/mol. The minimum atomic E-state index is -0.793. The van der Waals surface area contributed by atoms with E-state index >= 15 is 0 Å². The quantitative estimate of drug-likeness (QED) is 0.374. The summed E-state index contributed by atoms with van der Waals surface area (Å²) in [6.07, 6.45) is 1.41. The van der Waals surface area contributed by atoms with Gasteiger partial charge in [-0.3, -0.25) is 14.4 Å². The molecule has 0 aromatic heterocycles. The average molecular weight is 511 g/mol. The van der Waals surface area contributed by atoms with Gasteiger partial charge in [-0.15, -0.1) is 0 Å². The smallest absolute Gasteiger partial charge is 0.262 e. The normalized spacial score (nSPS) is 14.4. The van der Waals surface area contributed by atoms with E-state index < -0.39 is 11.9 Å². The Hall–Kier alpha value is -3.92. The van der Waals surface area contributed by atoms with Gasteiger partial charge in [-0.2, -0.15) is 5.10 Å². The van der Waals surface area contributed by atoms with Crippen LogP contribution in [0.3, 0.4) is 0 Å². The SMILES string of the molecule is COc1cccc(/C=N/NC(=O)C(NC(=O)c2ccc(C)cc2)C(C)C)c1OCC(=O)N1CCOCC1. The van der Waals surface area contributed by atoms with Crippen LogP contribution >= 0.6 is 0 Å². The molecule has 1 aliphatic heterocycles. The summed E-state index contributed by atoms with van der Waals surface area (Å²) in [4.78, 5) is 39.7. The monoisotopic (exact) mass is 510 g/mol. The Morgan fingerprint density at radius 2 is 1.81 bits per heavy atom. The van der Waals surface area contributed by atoms with Gasteiger partial charge >= 0.3 is 0 Å². The number of nitrogens with zero attached hydrogens (tertiary/aromatic N) is 2. The third-order valence-corrected chi connectivity index (χ3v) is 5.86. The van der Waals surface area contributed by atoms with Gasteiger partial charge in [-0.1, -0.05) is 37.6 Å². The fraction of sp³-hybridized carbons (Fsp3) is 0.407. The second-order valence-electron chi connectivity index (χ2n) is 8.96. The largest absolute Gasteiger partial charge is 0.493 e. The molecule has 0 aliphatic carbocycles. The molecule has 3 rings (SSSR count). The van der Waals surface area contributed by atoms with Crippen LogP contribution in [0, 0.1) is 12.8 Å². The topological polar surface area (TPSA) is 119 Å². The van der Waals surface area contributed by atoms with Crippen molar-refractivity contribution in [1.29, 1.82) is 0 Å². The number of amides is 3. The predicted octanol–water partition coefficient (Wildman–Crippen LogP) is 2.15. The highest BCUT2D eigenvalue weighted by atomic mass is 16.5. The van der Waals surface area contributed by atoms with Crippen LogP contribution in [0.15, 0.2) is 47.6 Å². The molecular weight excluding hydrogens is 476 g/mol. The lowest BCUT2D eigenvalue weighted by Gasteiger charge is -2.27. The zero-order valence-corrected chi connectivity index (χ0v) is 21.7. The second kappa shape index (κ2) is 13.4. The Kier molecular flexibility index (Phi) is 10.0. The van der Waals surface area contributed by atoms with Crippen LogP contribution in [0.1, 0.15) is 35.3 Å². The Morgan fingerprint density at radius 1 is 1.11 bits per heavy atom. The van der Waals surface area contributed by atoms with Crippen LogP contribution in [0.4, 0.5) is 0 Å². The first-order valence-corrected chi connectivity index (χ1v) is 12.2. The summed E-state index contributed by atoms with van der Waals surface area (Å²) < 4.78 is 16.5. The molecule has 37 heavy (non-hydrogen) atoms. The number of ether oxygens (including phenoxy) is 3. The van der Waals surface area contributed by atoms with E-state index in [-0.39, 0.29) is 24.3 Å². The van der Waals surface area contributed by atoms with Crippen LogP contribution in [-0.4, -0.2) is 74.9 Å². The zero-order valence-electron chi connectivity index (χ0n) is 21.7. The number of carbonyl (C=O) groups excluding carboxylic acids is 3. The van der Waals surface area contributed by atoms with Gasteiger partial charge in [0.1, 0.15) is 6.04 Å². The Balaban J connectivity index is 1.65. The lowest BCUT2D eigenvalue weighted by Crippen LogP contribution is -2.48. The van der Waals surface area contributed by atoms with E-state index in [0.717, 1.165) is 5.56 Å². The van der Waals surface area contributed by atoms with Gasteiger partial charge in [0.25, 0.3) is 17.7 Å². The lowest BCUT2D eigenvalue weighted by molar-refractivity contribution is -0.137. The van der Waals surface area contributed by atoms with E-state index in [1.807, 2.05) is 32.9 Å². The summed E-state index contributed by atoms with van der Waals surface area (Å²) in [6.45, 7) is 7.48. The first-order chi connectivity index (χ1) is 17.8. The average Bonchev–Trinajstić information content (AvgIpc) is 2.91. The van der Waals surface area contributed by atoms with E-state index in [2.05, 4.69) is 15.8 Å². The van der Waals surface area contributed by atoms with Crippen molar-refractivity contribution in [3.05, 3.63) is 59.2 Å². The molecule has 2 N–H and O–H groups in total. The molecule has 1 aliphatic rings. The minimum Gasteiger partial charge on any atom is -0.493 e. The molecule has 0 radical (unpaired) electrons. The van der Waals surface area contributed by atoms with Gasteiger partial charge in [-0.05, 0) is 37.1 Å². The maximum absolute atomic E-state index is 12.8. The third-order valence-electron chi connectivity index (χ3n) is 5.86. The molecule has 1 saturated heterocycles. The molecular formula is C27H34N4O6. The second-order valence-corrected chi connectivity index (χ2v) is 8.96. The van der Waals surface area contributed by atoms with Crippen LogP contribution in [0.2, 0.25) is 0 Å². The molecule has 2 aromatic carbocycles. The number of aryl methyl sites for hydroxylation is 1. The third kappa shape index (κ3) is 7.78. The van der Waals surface area contributed by atoms with Crippen molar-refractivity contribution in [2.24, 2.45) is 11.0 Å². The molecule has 0 spiro atoms. The number of carbonyl (C=O) groups is 3. The summed E-state index contributed by atoms with van der Waals surface area (Å²) >= 11 is 0. The molecule has 1 unspecified atom stereocenters. The van der Waals surface area contributed by atoms with Gasteiger partial charge in [0.05, 0.1) is 26.5 Å². The molecule has 1 fully saturated rings. The number of para-hydroxylation sites is 1. The number of hydrogen-bond acceptors (Lipinski definition) is 7. The van der Waals surface area contributed by atoms with Crippen molar-refractivity contribution in [1.82, 2.24) is 15.6 Å². The first kappa shape index (κ1) is 27.7. The van der Waals surface area contributed by atoms with Gasteiger partial charge in [0.15, 0.2) is 18.1 Å². The van der Waals surface area contributed by atoms with Crippen LogP contribution in [0.5, 0.6) is 11.5 Å². The fourth-order valence-corrected chi connectivity index (χ4v) is 3.69. The van der Waals surface area contributed by atoms with E-state index in [9.17, 15) is 14.4 Å². The number of hydrazone groups is 1. The summed E-state index contributed by atoms with van der Waals surface area (Å²) in [5.74, 6) is -0.375. The number of rotatable bonds is 10. The maximum Gasteiger partial charge on any atom is 0.262 e. The van der Waals surface area contributed by atoms with Crippen LogP contribution in [0.25, 0.3) is 0 Å². The maximum atomic E-state index is 12.8. The van der Waals surface area contributed by atoms with Crippen molar-refractivity contribution in [3.8, 4) is 11.5 Å². The van der Waals surface area contributed by atoms with E-state index in [4.69, 9.17) is 14.2 Å². The Labute approximate surface area is 217 Å². The van der Waals surface area contributed by atoms with Gasteiger partial charge in [0, 0.05) is 24.2 Å². The van der Waals surface area contributed by atoms with Gasteiger partial charge in [0.2, 0.25) is 0 Å². The van der Waals surface area contributed by atoms with Gasteiger partial charge in [-0.25, -0.2) is 5.43 Å². The molecule has 10 heteroatoms. The standard InChI is InChI=1S/C27H34N4O6/c1-18(2)24(29-26(33)20-10-8-19(3)9-11-20)27(34)30-28-16-21-6-5-7-22(35-4)25(21)37-17-23(32)31-12-14-36-15-13-31/h5-11,16,18,24H,12-15,17H2,1-4H3,(H,29,33)(H,30,34)/b28-16+. The van der Waals surface area contributed by atoms with Crippen LogP contribution < -0.4 is 20.2 Å². The molecule has 0 bridgehead atoms. The molecule has 198 valence electrons. The fourth-order valence-electron chi connectivity index (χ4n) is 3.69. The van der Waals surface area contributed by atoms with Gasteiger partial charge < -0.3 is 24.4 Å². The van der Waals surface area contributed by atoms with Crippen molar-refractivity contribution in [3.63, 3.8) is 0 Å². The lowest BCUT2D eigenvalue weighted by atomic mass is 10.0. The Morgan fingerprint density at radius 3 is 2.46 bits per heavy atom. The highest BCUT2D eigenvalue weighted by Gasteiger charge is 2.25. The summed E-state index contributed by atoms with van der Waals surface area (Å²) in [7, 11) is 1.50. The number of morpholine rings is 1. The molecule has 1 heterocycles. The first-order valence-electron chi connectivity index (χ1n) is 12.2. The van der Waals surface area contributed by atoms with Crippen molar-refractivity contribution >= 4 is 23.9 Å². The molecule has 0 saturated carbocycles. The molecule has 3 amide bonds. The van der Waals surface area contributed by atoms with E-state index in [1.54, 1.807) is 35.2 Å². The van der Waals surface area contributed by atoms with Crippen molar-refractivity contribution < 1.29 is 28.6 Å². The minimum absolute atomic E-state index is 0.158.